The van der Waals surface area contributed by atoms with Crippen LogP contribution >= 0.6 is 0 Å². The van der Waals surface area contributed by atoms with E-state index in [0.717, 1.165) is 0 Å². The van der Waals surface area contributed by atoms with E-state index in [4.69, 9.17) is 5.73 Å². The molecule has 1 aromatic carbocycles. The van der Waals surface area contributed by atoms with Gasteiger partial charge in [0, 0.05) is 18.0 Å². The third-order valence-corrected chi connectivity index (χ3v) is 8.51. The minimum atomic E-state index is -3.05. The van der Waals surface area contributed by atoms with Crippen LogP contribution in [0, 0.1) is 23.7 Å². The molecule has 1 aromatic rings. The number of phenolic OH excluding ortho intramolecular Hbond substituents is 1. The number of aromatic hydroxyl groups is 1. The second kappa shape index (κ2) is 10.1. The number of ketones is 4. The van der Waals surface area contributed by atoms with Crippen molar-refractivity contribution in [1.29, 1.82) is 0 Å². The summed E-state index contributed by atoms with van der Waals surface area (Å²) in [4.78, 5) is 81.5. The zero-order valence-electron chi connectivity index (χ0n) is 22.9. The molecule has 13 nitrogen and oxygen atoms in total. The maximum absolute atomic E-state index is 14.0. The smallest absolute Gasteiger partial charge is 0.235 e. The Balaban J connectivity index is 1.81. The number of likely N-dealkylation sites (N-methyl/N-ethyl adjacent to an activating group) is 2. The lowest BCUT2D eigenvalue weighted by Gasteiger charge is -2.56. The molecule has 216 valence electrons. The molecule has 6 N–H and O–H groups in total. The maximum atomic E-state index is 14.0. The predicted molar refractivity (Wildman–Crippen MR) is 138 cm³/mol. The molecular weight excluding hydrogens is 524 g/mol. The van der Waals surface area contributed by atoms with E-state index in [1.54, 1.807) is 32.0 Å². The van der Waals surface area contributed by atoms with E-state index in [0.29, 0.717) is 5.56 Å². The van der Waals surface area contributed by atoms with Gasteiger partial charge in [-0.25, -0.2) is 0 Å². The highest BCUT2D eigenvalue weighted by Crippen LogP contribution is 2.54. The van der Waals surface area contributed by atoms with Gasteiger partial charge in [0.05, 0.1) is 36.1 Å². The Morgan fingerprint density at radius 2 is 1.70 bits per heavy atom. The highest BCUT2D eigenvalue weighted by Gasteiger charge is 2.72. The summed E-state index contributed by atoms with van der Waals surface area (Å²) in [7, 11) is 6.28. The molecule has 0 radical (unpaired) electrons. The zero-order valence-corrected chi connectivity index (χ0v) is 22.9. The molecule has 3 aliphatic carbocycles. The van der Waals surface area contributed by atoms with E-state index in [9.17, 15) is 44.1 Å². The second-order valence-corrected chi connectivity index (χ2v) is 11.4. The molecule has 2 fully saturated rings. The van der Waals surface area contributed by atoms with Crippen molar-refractivity contribution in [3.05, 3.63) is 28.8 Å². The molecule has 0 spiro atoms. The van der Waals surface area contributed by atoms with Gasteiger partial charge in [0.25, 0.3) is 0 Å². The summed E-state index contributed by atoms with van der Waals surface area (Å²) in [6.45, 7) is 1.61. The number of fused-ring (bicyclic) bond motifs is 3. The molecule has 2 unspecified atom stereocenters. The van der Waals surface area contributed by atoms with E-state index in [1.165, 1.54) is 25.1 Å². The average Bonchev–Trinajstić information content (AvgIpc) is 2.84. The van der Waals surface area contributed by atoms with Crippen LogP contribution < -0.4 is 11.1 Å². The van der Waals surface area contributed by atoms with Gasteiger partial charge in [-0.3, -0.25) is 33.7 Å². The number of aliphatic hydroxyl groups excluding tert-OH is 1. The van der Waals surface area contributed by atoms with Crippen molar-refractivity contribution < 1.29 is 44.1 Å². The maximum Gasteiger partial charge on any atom is 0.235 e. The molecule has 0 aromatic heterocycles. The summed E-state index contributed by atoms with van der Waals surface area (Å²) >= 11 is 0. The summed E-state index contributed by atoms with van der Waals surface area (Å²) < 4.78 is 0. The van der Waals surface area contributed by atoms with E-state index in [1.807, 2.05) is 0 Å². The van der Waals surface area contributed by atoms with Crippen LogP contribution in [-0.2, 0) is 30.5 Å². The first-order chi connectivity index (χ1) is 18.6. The molecule has 0 bridgehead atoms. The Kier molecular flexibility index (Phi) is 7.47. The lowest BCUT2D eigenvalue weighted by molar-refractivity contribution is -0.196. The van der Waals surface area contributed by atoms with Crippen molar-refractivity contribution in [3.63, 3.8) is 0 Å². The first-order valence-electron chi connectivity index (χ1n) is 12.9. The number of aliphatic hydroxyl groups is 2. The lowest BCUT2D eigenvalue weighted by atomic mass is 9.49. The van der Waals surface area contributed by atoms with Crippen LogP contribution in [-0.4, -0.2) is 113 Å². The van der Waals surface area contributed by atoms with Gasteiger partial charge in [-0.05, 0) is 39.7 Å². The third kappa shape index (κ3) is 4.15. The molecule has 13 heteroatoms. The molecule has 0 heterocycles. The number of benzene rings is 1. The summed E-state index contributed by atoms with van der Waals surface area (Å²) in [6.07, 6.45) is -1.69. The number of Topliss-reactive ketones (excluding diaryl/α,β-unsaturated/α-hetero) is 4. The van der Waals surface area contributed by atoms with Gasteiger partial charge >= 0.3 is 0 Å². The largest absolute Gasteiger partial charge is 0.507 e. The van der Waals surface area contributed by atoms with Crippen molar-refractivity contribution >= 4 is 34.9 Å². The highest BCUT2D eigenvalue weighted by atomic mass is 16.3. The molecule has 0 aliphatic heterocycles. The number of nitrogens with zero attached hydrogens (tertiary/aromatic N) is 2. The Bertz CT molecular complexity index is 1330. The molecule has 4 rings (SSSR count). The SMILES string of the molecule is C[C@H]1c2ccc(CNC(=O)CN(C)C)c(O)c2C(=O)C2C(=O)[C@]3(O)C(=O)C(C(N)=O)C(=O)[C@@H](N(C)C)[C@@H]3[C@@H](O)[C@@H]21. The predicted octanol–water partition coefficient (Wildman–Crippen LogP) is -2.42. The number of phenols is 1. The second-order valence-electron chi connectivity index (χ2n) is 11.4. The fourth-order valence-electron chi connectivity index (χ4n) is 6.71. The summed E-state index contributed by atoms with van der Waals surface area (Å²) in [5.41, 5.74) is 2.57. The van der Waals surface area contributed by atoms with Gasteiger partial charge in [0.1, 0.15) is 5.75 Å². The van der Waals surface area contributed by atoms with Crippen molar-refractivity contribution in [3.8, 4) is 5.75 Å². The van der Waals surface area contributed by atoms with E-state index >= 15 is 0 Å². The first kappa shape index (κ1) is 29.5. The number of carbonyl (C=O) groups excluding carboxylic acids is 6. The molecule has 8 atom stereocenters. The number of amides is 2. The first-order valence-corrected chi connectivity index (χ1v) is 12.9. The number of nitrogens with one attached hydrogen (secondary N) is 1. The Morgan fingerprint density at radius 1 is 1.07 bits per heavy atom. The van der Waals surface area contributed by atoms with Crippen LogP contribution in [0.25, 0.3) is 0 Å². The van der Waals surface area contributed by atoms with E-state index in [2.05, 4.69) is 5.32 Å². The van der Waals surface area contributed by atoms with Crippen LogP contribution in [0.3, 0.4) is 0 Å². The Morgan fingerprint density at radius 3 is 2.25 bits per heavy atom. The monoisotopic (exact) mass is 558 g/mol. The number of nitrogens with two attached hydrogens (primary N) is 1. The molecular formula is C27H34N4O9. The van der Waals surface area contributed by atoms with Crippen LogP contribution in [0.15, 0.2) is 12.1 Å². The fourth-order valence-corrected chi connectivity index (χ4v) is 6.71. The Hall–Kier alpha value is -3.52. The van der Waals surface area contributed by atoms with E-state index in [-0.39, 0.29) is 30.1 Å². The number of rotatable bonds is 6. The van der Waals surface area contributed by atoms with Crippen LogP contribution in [0.5, 0.6) is 5.75 Å². The van der Waals surface area contributed by atoms with Gasteiger partial charge in [-0.1, -0.05) is 19.1 Å². The van der Waals surface area contributed by atoms with Gasteiger partial charge in [0.2, 0.25) is 11.8 Å². The number of hydrogen-bond donors (Lipinski definition) is 5. The van der Waals surface area contributed by atoms with Gasteiger partial charge in [-0.15, -0.1) is 0 Å². The van der Waals surface area contributed by atoms with Gasteiger partial charge in [-0.2, -0.15) is 0 Å². The summed E-state index contributed by atoms with van der Waals surface area (Å²) in [5.74, 6) is -14.2. The average molecular weight is 559 g/mol. The Labute approximate surface area is 230 Å². The zero-order chi connectivity index (χ0) is 30.0. The third-order valence-electron chi connectivity index (χ3n) is 8.51. The van der Waals surface area contributed by atoms with Crippen molar-refractivity contribution in [1.82, 2.24) is 15.1 Å². The number of hydrogen-bond acceptors (Lipinski definition) is 11. The van der Waals surface area contributed by atoms with Crippen LogP contribution in [0.1, 0.15) is 34.3 Å². The normalized spacial score (nSPS) is 33.5. The van der Waals surface area contributed by atoms with E-state index < -0.39 is 82.1 Å². The van der Waals surface area contributed by atoms with Gasteiger partial charge < -0.3 is 31.3 Å². The van der Waals surface area contributed by atoms with Crippen LogP contribution in [0.4, 0.5) is 0 Å². The quantitative estimate of drug-likeness (QED) is 0.232. The minimum Gasteiger partial charge on any atom is -0.507 e. The minimum absolute atomic E-state index is 0.0916. The molecule has 2 amide bonds. The molecule has 2 saturated carbocycles. The molecule has 0 saturated heterocycles. The van der Waals surface area contributed by atoms with Gasteiger partial charge in [0.15, 0.2) is 34.7 Å². The lowest BCUT2D eigenvalue weighted by Crippen LogP contribution is -2.77. The summed E-state index contributed by atoms with van der Waals surface area (Å²) in [6, 6.07) is 1.66. The van der Waals surface area contributed by atoms with Crippen molar-refractivity contribution in [2.24, 2.45) is 29.4 Å². The highest BCUT2D eigenvalue weighted by molar-refractivity contribution is 6.32. The number of primary amides is 1. The topological polar surface area (TPSA) is 208 Å². The summed E-state index contributed by atoms with van der Waals surface area (Å²) in [5, 5.41) is 37.0. The number of carbonyl (C=O) groups is 6. The van der Waals surface area contributed by atoms with Crippen molar-refractivity contribution in [2.75, 3.05) is 34.7 Å². The van der Waals surface area contributed by atoms with Crippen LogP contribution in [0.2, 0.25) is 0 Å². The fraction of sp³-hybridized carbons (Fsp3) is 0.556. The molecule has 40 heavy (non-hydrogen) atoms. The van der Waals surface area contributed by atoms with Crippen molar-refractivity contribution in [2.45, 2.75) is 37.1 Å². The standard InChI is InChI=1S/C27H34N4O9/c1-10-12-7-6-11(8-29-13(32)9-30(2)3)20(33)15(12)21(34)16-14(10)22(35)18-19(31(4)5)23(36)17(26(28)39)25(38)27(18,40)24(16)37/h6-7,10,14,16-19,22,33,35,40H,8-9H2,1-5H3,(H2,28,39)(H,29,32)/t10-,14+,16?,17?,18+,19-,22-,27-/m0/s1. The molecule has 3 aliphatic rings.